The van der Waals surface area contributed by atoms with Crippen LogP contribution in [0.3, 0.4) is 0 Å². The summed E-state index contributed by atoms with van der Waals surface area (Å²) in [7, 11) is 1.69. The quantitative estimate of drug-likeness (QED) is 0.351. The number of nitrogens with one attached hydrogen (secondary N) is 1. The predicted octanol–water partition coefficient (Wildman–Crippen LogP) is 3.48. The molecule has 180 valence electrons. The van der Waals surface area contributed by atoms with Gasteiger partial charge in [0, 0.05) is 30.7 Å². The molecule has 0 radical (unpaired) electrons. The molecule has 0 unspecified atom stereocenters. The molecule has 9 nitrogen and oxygen atoms in total. The van der Waals surface area contributed by atoms with Crippen LogP contribution in [0.5, 0.6) is 0 Å². The van der Waals surface area contributed by atoms with Gasteiger partial charge in [-0.3, -0.25) is 14.2 Å². The molecule has 2 aromatic carbocycles. The average molecular weight is 480 g/mol. The zero-order chi connectivity index (χ0) is 25.4. The minimum atomic E-state index is -0.361. The molecule has 0 aliphatic rings. The Bertz CT molecular complexity index is 1710. The summed E-state index contributed by atoms with van der Waals surface area (Å²) in [5.41, 5.74) is 14.8. The first-order valence-corrected chi connectivity index (χ1v) is 11.4. The second-order valence-corrected chi connectivity index (χ2v) is 8.57. The van der Waals surface area contributed by atoms with Crippen LogP contribution in [0.15, 0.2) is 88.8 Å². The van der Waals surface area contributed by atoms with Crippen LogP contribution in [-0.4, -0.2) is 19.1 Å². The SMILES string of the molecule is C[C@H](Nc1ncnc(N)c1N)c1cc2cccc(-c3ccc(=O)n(C)c3)c2c(=O)n1-c1ccccc1. The number of aromatic nitrogens is 4. The highest BCUT2D eigenvalue weighted by molar-refractivity contribution is 5.96. The van der Waals surface area contributed by atoms with Gasteiger partial charge in [0.1, 0.15) is 12.0 Å². The van der Waals surface area contributed by atoms with Gasteiger partial charge < -0.3 is 21.4 Å². The minimum Gasteiger partial charge on any atom is -0.393 e. The average Bonchev–Trinajstić information content (AvgIpc) is 2.88. The highest BCUT2D eigenvalue weighted by Crippen LogP contribution is 2.30. The molecule has 5 rings (SSSR count). The van der Waals surface area contributed by atoms with Crippen LogP contribution in [0.4, 0.5) is 17.3 Å². The third kappa shape index (κ3) is 3.96. The predicted molar refractivity (Wildman–Crippen MR) is 143 cm³/mol. The number of fused-ring (bicyclic) bond motifs is 1. The van der Waals surface area contributed by atoms with E-state index in [2.05, 4.69) is 15.3 Å². The highest BCUT2D eigenvalue weighted by atomic mass is 16.1. The van der Waals surface area contributed by atoms with E-state index in [1.54, 1.807) is 23.9 Å². The summed E-state index contributed by atoms with van der Waals surface area (Å²) < 4.78 is 3.19. The summed E-state index contributed by atoms with van der Waals surface area (Å²) >= 11 is 0. The molecule has 5 N–H and O–H groups in total. The molecule has 0 saturated carbocycles. The molecular formula is C27H25N7O2. The normalized spacial score (nSPS) is 11.9. The molecule has 0 aliphatic heterocycles. The number of rotatable bonds is 5. The first kappa shape index (κ1) is 22.9. The Kier molecular flexibility index (Phi) is 5.73. The minimum absolute atomic E-state index is 0.118. The Balaban J connectivity index is 1.76. The third-order valence-electron chi connectivity index (χ3n) is 6.20. The fraction of sp³-hybridized carbons (Fsp3) is 0.111. The number of aryl methyl sites for hydroxylation is 1. The molecule has 5 aromatic rings. The first-order valence-electron chi connectivity index (χ1n) is 11.4. The van der Waals surface area contributed by atoms with E-state index < -0.39 is 0 Å². The van der Waals surface area contributed by atoms with E-state index in [0.717, 1.165) is 22.2 Å². The van der Waals surface area contributed by atoms with E-state index in [1.165, 1.54) is 17.0 Å². The number of anilines is 3. The lowest BCUT2D eigenvalue weighted by molar-refractivity contribution is 0.773. The van der Waals surface area contributed by atoms with Crippen LogP contribution < -0.4 is 27.9 Å². The van der Waals surface area contributed by atoms with Crippen molar-refractivity contribution in [2.24, 2.45) is 7.05 Å². The second kappa shape index (κ2) is 9.03. The Morgan fingerprint density at radius 3 is 2.47 bits per heavy atom. The van der Waals surface area contributed by atoms with Crippen LogP contribution in [0.25, 0.3) is 27.6 Å². The van der Waals surface area contributed by atoms with Gasteiger partial charge in [0.25, 0.3) is 5.56 Å². The summed E-state index contributed by atoms with van der Waals surface area (Å²) in [6, 6.07) is 20.0. The van der Waals surface area contributed by atoms with Crippen molar-refractivity contribution in [2.75, 3.05) is 16.8 Å². The molecule has 0 spiro atoms. The fourth-order valence-corrected chi connectivity index (χ4v) is 4.34. The molecule has 0 fully saturated rings. The number of nitrogen functional groups attached to an aromatic ring is 2. The number of para-hydroxylation sites is 1. The van der Waals surface area contributed by atoms with Gasteiger partial charge in [0.2, 0.25) is 5.56 Å². The molecule has 1 atom stereocenters. The van der Waals surface area contributed by atoms with E-state index in [-0.39, 0.29) is 28.7 Å². The number of hydrogen-bond donors (Lipinski definition) is 3. The molecule has 9 heteroatoms. The van der Waals surface area contributed by atoms with E-state index in [4.69, 9.17) is 11.5 Å². The van der Waals surface area contributed by atoms with Gasteiger partial charge in [0.05, 0.1) is 11.4 Å². The lowest BCUT2D eigenvalue weighted by Gasteiger charge is -2.22. The van der Waals surface area contributed by atoms with Gasteiger partial charge in [-0.25, -0.2) is 9.97 Å². The Morgan fingerprint density at radius 2 is 1.72 bits per heavy atom. The topological polar surface area (TPSA) is 134 Å². The fourth-order valence-electron chi connectivity index (χ4n) is 4.34. The Morgan fingerprint density at radius 1 is 0.944 bits per heavy atom. The standard InChI is InChI=1S/C27H25N7O2/c1-16(32-26-24(28)25(29)30-15-31-26)21-13-17-7-6-10-20(18-11-12-22(35)33(2)14-18)23(17)27(36)34(21)19-8-4-3-5-9-19/h3-16H,28H2,1-2H3,(H3,29,30,31,32)/t16-/m0/s1. The molecule has 3 heterocycles. The van der Waals surface area contributed by atoms with E-state index in [9.17, 15) is 9.59 Å². The molecule has 0 aliphatic carbocycles. The first-order chi connectivity index (χ1) is 17.3. The monoisotopic (exact) mass is 479 g/mol. The summed E-state index contributed by atoms with van der Waals surface area (Å²) in [6.45, 7) is 1.93. The van der Waals surface area contributed by atoms with Gasteiger partial charge in [-0.05, 0) is 47.7 Å². The van der Waals surface area contributed by atoms with Crippen molar-refractivity contribution in [3.05, 3.63) is 106 Å². The van der Waals surface area contributed by atoms with Gasteiger partial charge in [-0.2, -0.15) is 0 Å². The number of pyridine rings is 2. The van der Waals surface area contributed by atoms with Gasteiger partial charge in [-0.1, -0.05) is 36.4 Å². The number of hydrogen-bond acceptors (Lipinski definition) is 7. The summed E-state index contributed by atoms with van der Waals surface area (Å²) in [5.74, 6) is 0.571. The Hall–Kier alpha value is -4.92. The zero-order valence-corrected chi connectivity index (χ0v) is 19.8. The van der Waals surface area contributed by atoms with Crippen molar-refractivity contribution in [1.29, 1.82) is 0 Å². The number of benzene rings is 2. The lowest BCUT2D eigenvalue weighted by Crippen LogP contribution is -2.26. The Labute approximate surface area is 206 Å². The maximum Gasteiger partial charge on any atom is 0.263 e. The lowest BCUT2D eigenvalue weighted by atomic mass is 9.98. The summed E-state index contributed by atoms with van der Waals surface area (Å²) in [5, 5.41) is 4.61. The molecular weight excluding hydrogens is 454 g/mol. The van der Waals surface area contributed by atoms with Crippen molar-refractivity contribution in [3.8, 4) is 16.8 Å². The second-order valence-electron chi connectivity index (χ2n) is 8.57. The van der Waals surface area contributed by atoms with Crippen LogP contribution in [0, 0.1) is 0 Å². The van der Waals surface area contributed by atoms with Crippen LogP contribution >= 0.6 is 0 Å². The van der Waals surface area contributed by atoms with Crippen molar-refractivity contribution < 1.29 is 0 Å². The van der Waals surface area contributed by atoms with Gasteiger partial charge in [-0.15, -0.1) is 0 Å². The smallest absolute Gasteiger partial charge is 0.263 e. The maximum atomic E-state index is 14.2. The van der Waals surface area contributed by atoms with E-state index >= 15 is 0 Å². The van der Waals surface area contributed by atoms with E-state index in [0.29, 0.717) is 16.9 Å². The van der Waals surface area contributed by atoms with Crippen molar-refractivity contribution >= 4 is 28.1 Å². The van der Waals surface area contributed by atoms with Gasteiger partial charge >= 0.3 is 0 Å². The van der Waals surface area contributed by atoms with Crippen molar-refractivity contribution in [2.45, 2.75) is 13.0 Å². The number of nitrogens with two attached hydrogens (primary N) is 2. The molecule has 36 heavy (non-hydrogen) atoms. The summed E-state index contributed by atoms with van der Waals surface area (Å²) in [4.78, 5) is 34.3. The van der Waals surface area contributed by atoms with Gasteiger partial charge in [0.15, 0.2) is 11.6 Å². The highest BCUT2D eigenvalue weighted by Gasteiger charge is 2.20. The third-order valence-corrected chi connectivity index (χ3v) is 6.20. The van der Waals surface area contributed by atoms with Crippen LogP contribution in [-0.2, 0) is 7.05 Å². The van der Waals surface area contributed by atoms with Crippen LogP contribution in [0.1, 0.15) is 18.7 Å². The largest absolute Gasteiger partial charge is 0.393 e. The molecule has 0 bridgehead atoms. The van der Waals surface area contributed by atoms with E-state index in [1.807, 2.05) is 61.5 Å². The van der Waals surface area contributed by atoms with Crippen LogP contribution in [0.2, 0.25) is 0 Å². The molecule has 0 amide bonds. The maximum absolute atomic E-state index is 14.2. The van der Waals surface area contributed by atoms with Crippen molar-refractivity contribution in [3.63, 3.8) is 0 Å². The molecule has 3 aromatic heterocycles. The van der Waals surface area contributed by atoms with Crippen molar-refractivity contribution in [1.82, 2.24) is 19.1 Å². The summed E-state index contributed by atoms with van der Waals surface area (Å²) in [6.07, 6.45) is 3.08. The zero-order valence-electron chi connectivity index (χ0n) is 19.8. The molecule has 0 saturated heterocycles. The number of nitrogens with zero attached hydrogens (tertiary/aromatic N) is 4.